The van der Waals surface area contributed by atoms with Gasteiger partial charge in [-0.15, -0.1) is 0 Å². The number of ether oxygens (including phenoxy) is 1. The second-order valence-corrected chi connectivity index (χ2v) is 12.7. The van der Waals surface area contributed by atoms with Crippen LogP contribution in [-0.2, 0) is 19.1 Å². The van der Waals surface area contributed by atoms with Crippen molar-refractivity contribution in [2.45, 2.75) is 71.1 Å². The zero-order valence-corrected chi connectivity index (χ0v) is 23.8. The van der Waals surface area contributed by atoms with Crippen LogP contribution in [0.5, 0.6) is 0 Å². The van der Waals surface area contributed by atoms with Gasteiger partial charge < -0.3 is 19.9 Å². The minimum atomic E-state index is -0.709. The van der Waals surface area contributed by atoms with Gasteiger partial charge in [0, 0.05) is 64.0 Å². The number of likely N-dealkylation sites (tertiary alicyclic amines) is 2. The van der Waals surface area contributed by atoms with E-state index in [9.17, 15) is 19.2 Å². The number of imide groups is 1. The number of fused-ring (bicyclic) bond motifs is 1. The van der Waals surface area contributed by atoms with Crippen LogP contribution >= 0.6 is 0 Å². The molecule has 0 saturated carbocycles. The summed E-state index contributed by atoms with van der Waals surface area (Å²) < 4.78 is 5.52. The first-order valence-electron chi connectivity index (χ1n) is 14.6. The Morgan fingerprint density at radius 1 is 0.949 bits per heavy atom. The van der Waals surface area contributed by atoms with Crippen LogP contribution in [0.4, 0.5) is 4.79 Å². The summed E-state index contributed by atoms with van der Waals surface area (Å²) in [6.07, 6.45) is 6.96. The summed E-state index contributed by atoms with van der Waals surface area (Å²) >= 11 is 0. The molecule has 4 fully saturated rings. The van der Waals surface area contributed by atoms with E-state index in [4.69, 9.17) is 4.74 Å². The average Bonchev–Trinajstić information content (AvgIpc) is 3.12. The highest BCUT2D eigenvalue weighted by molar-refractivity contribution is 6.26. The first-order chi connectivity index (χ1) is 18.5. The molecular weight excluding hydrogens is 498 g/mol. The Labute approximate surface area is 231 Å². The first-order valence-corrected chi connectivity index (χ1v) is 14.6. The SMILES string of the molecule is CC1C=C2C(=O)N(C3CCCNC3=O)C(=O)C2=CC1N1CCN(CC2CCN(C(=O)OC(C)(C)C)CC2)CC1. The van der Waals surface area contributed by atoms with Crippen LogP contribution in [-0.4, -0.2) is 113 Å². The second-order valence-electron chi connectivity index (χ2n) is 12.7. The number of piperidine rings is 2. The van der Waals surface area contributed by atoms with Crippen LogP contribution in [0.1, 0.15) is 53.4 Å². The summed E-state index contributed by atoms with van der Waals surface area (Å²) in [7, 11) is 0. The number of rotatable bonds is 4. The zero-order valence-electron chi connectivity index (χ0n) is 23.8. The molecule has 0 radical (unpaired) electrons. The van der Waals surface area contributed by atoms with Crippen molar-refractivity contribution < 1.29 is 23.9 Å². The number of nitrogens with one attached hydrogen (secondary N) is 1. The highest BCUT2D eigenvalue weighted by Gasteiger charge is 2.48. The number of piperazine rings is 1. The summed E-state index contributed by atoms with van der Waals surface area (Å²) in [5.74, 6) is -0.229. The molecule has 10 heteroatoms. The van der Waals surface area contributed by atoms with Crippen LogP contribution in [0.3, 0.4) is 0 Å². The normalized spacial score (nSPS) is 29.6. The van der Waals surface area contributed by atoms with Crippen molar-refractivity contribution >= 4 is 23.8 Å². The Morgan fingerprint density at radius 2 is 1.59 bits per heavy atom. The minimum absolute atomic E-state index is 0.0554. The number of hydrogen-bond acceptors (Lipinski definition) is 7. The predicted molar refractivity (Wildman–Crippen MR) is 146 cm³/mol. The minimum Gasteiger partial charge on any atom is -0.444 e. The van der Waals surface area contributed by atoms with Gasteiger partial charge in [0.05, 0.1) is 5.57 Å². The molecule has 0 aromatic heterocycles. The average molecular weight is 542 g/mol. The molecule has 5 rings (SSSR count). The van der Waals surface area contributed by atoms with Gasteiger partial charge in [-0.1, -0.05) is 19.1 Å². The Hall–Kier alpha value is -2.72. The standard InChI is InChI=1S/C29H43N5O5/c1-19-16-21-22(27(37)34(26(21)36)23-6-5-9-30-25(23)35)17-24(19)32-14-12-31(13-15-32)18-20-7-10-33(11-8-20)28(38)39-29(2,3)4/h16-17,19-20,23-24H,5-15,18H2,1-4H3,(H,30,35). The van der Waals surface area contributed by atoms with Gasteiger partial charge in [0.2, 0.25) is 5.91 Å². The molecule has 5 aliphatic rings. The fourth-order valence-electron chi connectivity index (χ4n) is 6.55. The molecule has 3 unspecified atom stereocenters. The van der Waals surface area contributed by atoms with Crippen LogP contribution in [0.15, 0.2) is 23.3 Å². The van der Waals surface area contributed by atoms with Gasteiger partial charge in [0.25, 0.3) is 11.8 Å². The lowest BCUT2D eigenvalue weighted by molar-refractivity contribution is -0.146. The van der Waals surface area contributed by atoms with Gasteiger partial charge in [-0.25, -0.2) is 4.79 Å². The van der Waals surface area contributed by atoms with Gasteiger partial charge in [-0.2, -0.15) is 0 Å². The largest absolute Gasteiger partial charge is 0.444 e. The first kappa shape index (κ1) is 27.8. The third-order valence-electron chi connectivity index (χ3n) is 8.67. The molecule has 1 N–H and O–H groups in total. The third kappa shape index (κ3) is 5.91. The molecule has 10 nitrogen and oxygen atoms in total. The molecule has 0 bridgehead atoms. The molecular formula is C29H43N5O5. The maximum absolute atomic E-state index is 13.3. The summed E-state index contributed by atoms with van der Waals surface area (Å²) in [6.45, 7) is 14.6. The number of carbonyl (C=O) groups excluding carboxylic acids is 4. The lowest BCUT2D eigenvalue weighted by atomic mass is 9.87. The van der Waals surface area contributed by atoms with Crippen molar-refractivity contribution in [3.8, 4) is 0 Å². The van der Waals surface area contributed by atoms with E-state index in [1.165, 1.54) is 4.90 Å². The van der Waals surface area contributed by atoms with E-state index in [-0.39, 0.29) is 35.8 Å². The van der Waals surface area contributed by atoms with Crippen molar-refractivity contribution in [1.82, 2.24) is 24.9 Å². The molecule has 0 aromatic carbocycles. The third-order valence-corrected chi connectivity index (χ3v) is 8.67. The topological polar surface area (TPSA) is 102 Å². The molecule has 4 amide bonds. The van der Waals surface area contributed by atoms with E-state index in [1.54, 1.807) is 0 Å². The molecule has 4 aliphatic heterocycles. The van der Waals surface area contributed by atoms with Crippen molar-refractivity contribution in [3.05, 3.63) is 23.3 Å². The monoisotopic (exact) mass is 541 g/mol. The van der Waals surface area contributed by atoms with E-state index in [0.29, 0.717) is 30.0 Å². The van der Waals surface area contributed by atoms with Crippen molar-refractivity contribution in [3.63, 3.8) is 0 Å². The maximum atomic E-state index is 13.3. The second kappa shape index (κ2) is 11.0. The van der Waals surface area contributed by atoms with Crippen molar-refractivity contribution in [1.29, 1.82) is 0 Å². The van der Waals surface area contributed by atoms with Crippen LogP contribution in [0, 0.1) is 11.8 Å². The molecule has 0 aromatic rings. The Kier molecular flexibility index (Phi) is 7.88. The lowest BCUT2D eigenvalue weighted by Crippen LogP contribution is -2.53. The predicted octanol–water partition coefficient (Wildman–Crippen LogP) is 1.77. The van der Waals surface area contributed by atoms with Gasteiger partial charge in [-0.05, 0) is 58.3 Å². The summed E-state index contributed by atoms with van der Waals surface area (Å²) in [4.78, 5) is 59.1. The van der Waals surface area contributed by atoms with Crippen molar-refractivity contribution in [2.24, 2.45) is 11.8 Å². The molecule has 3 atom stereocenters. The number of hydrogen-bond donors (Lipinski definition) is 1. The summed E-state index contributed by atoms with van der Waals surface area (Å²) in [6, 6.07) is -0.653. The zero-order chi connectivity index (χ0) is 27.9. The highest BCUT2D eigenvalue weighted by Crippen LogP contribution is 2.36. The molecule has 0 spiro atoms. The van der Waals surface area contributed by atoms with Crippen molar-refractivity contribution in [2.75, 3.05) is 52.4 Å². The van der Waals surface area contributed by atoms with Crippen LogP contribution in [0.25, 0.3) is 0 Å². The lowest BCUT2D eigenvalue weighted by Gasteiger charge is -2.42. The Morgan fingerprint density at radius 3 is 2.21 bits per heavy atom. The smallest absolute Gasteiger partial charge is 0.410 e. The van der Waals surface area contributed by atoms with Crippen LogP contribution in [0.2, 0.25) is 0 Å². The molecule has 4 saturated heterocycles. The summed E-state index contributed by atoms with van der Waals surface area (Å²) in [5.41, 5.74) is 0.446. The van der Waals surface area contributed by atoms with E-state index >= 15 is 0 Å². The molecule has 4 heterocycles. The Balaban J connectivity index is 1.13. The van der Waals surface area contributed by atoms with E-state index < -0.39 is 11.6 Å². The van der Waals surface area contributed by atoms with Crippen LogP contribution < -0.4 is 5.32 Å². The number of amides is 4. The molecule has 39 heavy (non-hydrogen) atoms. The van der Waals surface area contributed by atoms with Gasteiger partial charge >= 0.3 is 6.09 Å². The molecule has 1 aliphatic carbocycles. The highest BCUT2D eigenvalue weighted by atomic mass is 16.6. The number of nitrogens with zero attached hydrogens (tertiary/aromatic N) is 4. The van der Waals surface area contributed by atoms with E-state index in [2.05, 4.69) is 22.0 Å². The van der Waals surface area contributed by atoms with Gasteiger partial charge in [0.1, 0.15) is 11.6 Å². The summed E-state index contributed by atoms with van der Waals surface area (Å²) in [5, 5.41) is 2.79. The van der Waals surface area contributed by atoms with Gasteiger partial charge in [-0.3, -0.25) is 24.2 Å². The maximum Gasteiger partial charge on any atom is 0.410 e. The molecule has 214 valence electrons. The van der Waals surface area contributed by atoms with Gasteiger partial charge in [0.15, 0.2) is 0 Å². The fraction of sp³-hybridized carbons (Fsp3) is 0.724. The Bertz CT molecular complexity index is 1060. The quantitative estimate of drug-likeness (QED) is 0.541. The number of carbonyl (C=O) groups is 4. The van der Waals surface area contributed by atoms with E-state index in [0.717, 1.165) is 65.1 Å². The van der Waals surface area contributed by atoms with E-state index in [1.807, 2.05) is 37.8 Å². The fourth-order valence-corrected chi connectivity index (χ4v) is 6.55.